The van der Waals surface area contributed by atoms with E-state index in [1.54, 1.807) is 48.5 Å². The number of nitrogens with one attached hydrogen (secondary N) is 1. The number of carbonyl (C=O) groups excluding carboxylic acids is 1. The fourth-order valence-electron chi connectivity index (χ4n) is 3.86. The lowest BCUT2D eigenvalue weighted by Gasteiger charge is -2.30. The number of sulfonamides is 1. The highest BCUT2D eigenvalue weighted by Gasteiger charge is 2.23. The Bertz CT molecular complexity index is 984. The van der Waals surface area contributed by atoms with Crippen LogP contribution >= 0.6 is 0 Å². The van der Waals surface area contributed by atoms with E-state index in [1.807, 2.05) is 6.92 Å². The predicted molar refractivity (Wildman–Crippen MR) is 125 cm³/mol. The van der Waals surface area contributed by atoms with Crippen LogP contribution in [0.2, 0.25) is 0 Å². The van der Waals surface area contributed by atoms with Crippen LogP contribution in [0.25, 0.3) is 0 Å². The molecule has 0 atom stereocenters. The molecule has 1 aliphatic rings. The lowest BCUT2D eigenvalue weighted by molar-refractivity contribution is 0.0950. The molecule has 0 spiro atoms. The molecule has 1 amide bonds. The van der Waals surface area contributed by atoms with Gasteiger partial charge in [0, 0.05) is 19.2 Å². The molecule has 0 aromatic heterocycles. The van der Waals surface area contributed by atoms with Gasteiger partial charge >= 0.3 is 0 Å². The van der Waals surface area contributed by atoms with E-state index in [9.17, 15) is 13.2 Å². The molecule has 31 heavy (non-hydrogen) atoms. The highest BCUT2D eigenvalue weighted by molar-refractivity contribution is 7.92. The quantitative estimate of drug-likeness (QED) is 0.632. The van der Waals surface area contributed by atoms with E-state index in [-0.39, 0.29) is 10.8 Å². The summed E-state index contributed by atoms with van der Waals surface area (Å²) in [5, 5.41) is 2.97. The molecule has 3 rings (SSSR count). The topological polar surface area (TPSA) is 69.7 Å². The van der Waals surface area contributed by atoms with Crippen molar-refractivity contribution in [3.63, 3.8) is 0 Å². The fraction of sp³-hybridized carbons (Fsp3) is 0.458. The third kappa shape index (κ3) is 5.86. The summed E-state index contributed by atoms with van der Waals surface area (Å²) in [6, 6.07) is 13.5. The lowest BCUT2D eigenvalue weighted by atomic mass is 9.99. The zero-order valence-corrected chi connectivity index (χ0v) is 19.5. The third-order valence-corrected chi connectivity index (χ3v) is 7.81. The molecule has 0 unspecified atom stereocenters. The van der Waals surface area contributed by atoms with E-state index in [4.69, 9.17) is 0 Å². The number of likely N-dealkylation sites (tertiary alicyclic amines) is 1. The van der Waals surface area contributed by atoms with Crippen molar-refractivity contribution in [3.05, 3.63) is 59.7 Å². The summed E-state index contributed by atoms with van der Waals surface area (Å²) in [6.45, 7) is 8.01. The number of hydrogen-bond acceptors (Lipinski definition) is 4. The summed E-state index contributed by atoms with van der Waals surface area (Å²) in [5.74, 6) is 0.634. The van der Waals surface area contributed by atoms with E-state index in [0.717, 1.165) is 37.5 Å². The van der Waals surface area contributed by atoms with Gasteiger partial charge < -0.3 is 10.2 Å². The minimum Gasteiger partial charge on any atom is -0.352 e. The van der Waals surface area contributed by atoms with Crippen LogP contribution in [-0.2, 0) is 10.0 Å². The summed E-state index contributed by atoms with van der Waals surface area (Å²) in [4.78, 5) is 15.3. The van der Waals surface area contributed by atoms with Crippen LogP contribution in [0.15, 0.2) is 53.4 Å². The number of benzene rings is 2. The maximum Gasteiger partial charge on any atom is 0.264 e. The average Bonchev–Trinajstić information content (AvgIpc) is 2.78. The molecule has 6 nitrogen and oxygen atoms in total. The second-order valence-corrected chi connectivity index (χ2v) is 10.4. The van der Waals surface area contributed by atoms with Gasteiger partial charge in [-0.1, -0.05) is 31.2 Å². The van der Waals surface area contributed by atoms with Crippen LogP contribution in [-0.4, -0.2) is 52.5 Å². The number of hydrogen-bond donors (Lipinski definition) is 1. The Morgan fingerprint density at radius 1 is 1.13 bits per heavy atom. The first-order valence-corrected chi connectivity index (χ1v) is 12.4. The van der Waals surface area contributed by atoms with Crippen molar-refractivity contribution in [1.29, 1.82) is 0 Å². The molecule has 1 fully saturated rings. The highest BCUT2D eigenvalue weighted by atomic mass is 32.2. The van der Waals surface area contributed by atoms with Crippen LogP contribution in [0.1, 0.15) is 42.1 Å². The molecule has 1 heterocycles. The van der Waals surface area contributed by atoms with Gasteiger partial charge in [-0.2, -0.15) is 0 Å². The maximum atomic E-state index is 13.0. The number of nitrogens with zero attached hydrogens (tertiary/aromatic N) is 2. The number of amides is 1. The van der Waals surface area contributed by atoms with Gasteiger partial charge in [-0.05, 0) is 81.6 Å². The number of aryl methyl sites for hydroxylation is 1. The van der Waals surface area contributed by atoms with E-state index >= 15 is 0 Å². The molecule has 0 saturated carbocycles. The smallest absolute Gasteiger partial charge is 0.264 e. The van der Waals surface area contributed by atoms with Gasteiger partial charge in [0.25, 0.3) is 15.9 Å². The molecule has 7 heteroatoms. The van der Waals surface area contributed by atoms with Gasteiger partial charge in [-0.15, -0.1) is 0 Å². The second kappa shape index (κ2) is 10.3. The average molecular weight is 444 g/mol. The molecule has 2 aromatic rings. The van der Waals surface area contributed by atoms with Gasteiger partial charge in [-0.3, -0.25) is 9.10 Å². The fourth-order valence-corrected chi connectivity index (χ4v) is 5.14. The third-order valence-electron chi connectivity index (χ3n) is 6.03. The normalized spacial score (nSPS) is 15.6. The first kappa shape index (κ1) is 23.3. The van der Waals surface area contributed by atoms with Crippen molar-refractivity contribution >= 4 is 21.6 Å². The maximum absolute atomic E-state index is 13.0. The zero-order valence-electron chi connectivity index (χ0n) is 18.7. The van der Waals surface area contributed by atoms with Gasteiger partial charge in [0.15, 0.2) is 0 Å². The number of carbonyl (C=O) groups is 1. The second-order valence-electron chi connectivity index (χ2n) is 8.42. The zero-order chi connectivity index (χ0) is 22.4. The Morgan fingerprint density at radius 2 is 1.81 bits per heavy atom. The number of piperidine rings is 1. The predicted octanol–water partition coefficient (Wildman–Crippen LogP) is 3.67. The monoisotopic (exact) mass is 443 g/mol. The molecule has 0 radical (unpaired) electrons. The first-order chi connectivity index (χ1) is 14.8. The number of rotatable bonds is 8. The van der Waals surface area contributed by atoms with Gasteiger partial charge in [-0.25, -0.2) is 8.42 Å². The van der Waals surface area contributed by atoms with Gasteiger partial charge in [0.05, 0.1) is 10.6 Å². The van der Waals surface area contributed by atoms with E-state index in [2.05, 4.69) is 17.1 Å². The molecule has 0 aliphatic carbocycles. The van der Waals surface area contributed by atoms with E-state index < -0.39 is 10.0 Å². The van der Waals surface area contributed by atoms with Crippen molar-refractivity contribution in [2.45, 2.75) is 38.0 Å². The number of anilines is 1. The van der Waals surface area contributed by atoms with Crippen molar-refractivity contribution in [3.8, 4) is 0 Å². The standard InChI is InChI=1S/C24H33N3O3S/c1-19-12-16-27(17-13-19)15-7-14-25-24(28)21-11-10-20(2)23(18-21)26(3)31(29,30)22-8-5-4-6-9-22/h4-6,8-11,18-19H,7,12-17H2,1-3H3,(H,25,28). The first-order valence-electron chi connectivity index (χ1n) is 10.9. The molecule has 0 bridgehead atoms. The largest absolute Gasteiger partial charge is 0.352 e. The van der Waals surface area contributed by atoms with Crippen molar-refractivity contribution in [2.24, 2.45) is 5.92 Å². The van der Waals surface area contributed by atoms with Crippen molar-refractivity contribution in [1.82, 2.24) is 10.2 Å². The Morgan fingerprint density at radius 3 is 2.48 bits per heavy atom. The van der Waals surface area contributed by atoms with Crippen LogP contribution in [0.5, 0.6) is 0 Å². The Hall–Kier alpha value is -2.38. The van der Waals surface area contributed by atoms with Crippen molar-refractivity contribution < 1.29 is 13.2 Å². The molecule has 168 valence electrons. The van der Waals surface area contributed by atoms with Crippen molar-refractivity contribution in [2.75, 3.05) is 37.5 Å². The van der Waals surface area contributed by atoms with Gasteiger partial charge in [0.1, 0.15) is 0 Å². The van der Waals surface area contributed by atoms with E-state index in [0.29, 0.717) is 17.8 Å². The van der Waals surface area contributed by atoms with Gasteiger partial charge in [0.2, 0.25) is 0 Å². The van der Waals surface area contributed by atoms with Crippen LogP contribution in [0.3, 0.4) is 0 Å². The SMILES string of the molecule is Cc1ccc(C(=O)NCCCN2CCC(C)CC2)cc1N(C)S(=O)(=O)c1ccccc1. The summed E-state index contributed by atoms with van der Waals surface area (Å²) < 4.78 is 27.2. The minimum absolute atomic E-state index is 0.181. The Labute approximate surface area is 186 Å². The summed E-state index contributed by atoms with van der Waals surface area (Å²) in [5.41, 5.74) is 1.75. The molecule has 1 N–H and O–H groups in total. The minimum atomic E-state index is -3.70. The molecule has 2 aromatic carbocycles. The van der Waals surface area contributed by atoms with Crippen LogP contribution in [0.4, 0.5) is 5.69 Å². The molecule has 1 aliphatic heterocycles. The Kier molecular flexibility index (Phi) is 7.73. The molecular formula is C24H33N3O3S. The van der Waals surface area contributed by atoms with Crippen LogP contribution < -0.4 is 9.62 Å². The molecular weight excluding hydrogens is 410 g/mol. The lowest BCUT2D eigenvalue weighted by Crippen LogP contribution is -2.35. The van der Waals surface area contributed by atoms with E-state index in [1.165, 1.54) is 24.2 Å². The summed E-state index contributed by atoms with van der Waals surface area (Å²) >= 11 is 0. The highest BCUT2D eigenvalue weighted by Crippen LogP contribution is 2.26. The van der Waals surface area contributed by atoms with Crippen LogP contribution in [0, 0.1) is 12.8 Å². The summed E-state index contributed by atoms with van der Waals surface area (Å²) in [6.07, 6.45) is 3.40. The Balaban J connectivity index is 1.61. The summed E-state index contributed by atoms with van der Waals surface area (Å²) in [7, 11) is -2.18. The molecule has 1 saturated heterocycles.